The molecule has 0 bridgehead atoms. The third kappa shape index (κ3) is 3.10. The quantitative estimate of drug-likeness (QED) is 0.740. The highest BCUT2D eigenvalue weighted by atomic mass is 32.1. The highest BCUT2D eigenvalue weighted by Crippen LogP contribution is 2.29. The topological polar surface area (TPSA) is 67.5 Å². The van der Waals surface area contributed by atoms with Crippen LogP contribution in [0.4, 0.5) is 0 Å². The summed E-state index contributed by atoms with van der Waals surface area (Å²) in [6.07, 6.45) is 0.0449. The second-order valence-electron chi connectivity index (χ2n) is 5.13. The largest absolute Gasteiger partial charge is 0.507 e. The fourth-order valence-electron chi connectivity index (χ4n) is 2.44. The predicted octanol–water partition coefficient (Wildman–Crippen LogP) is 3.81. The molecule has 1 aromatic carbocycles. The molecular formula is C18H14O4S. The number of hydrogen-bond donors (Lipinski definition) is 1. The maximum Gasteiger partial charge on any atom is 0.350 e. The number of ketones is 1. The average Bonchev–Trinajstić information content (AvgIpc) is 2.95. The van der Waals surface area contributed by atoms with Gasteiger partial charge in [0.15, 0.2) is 5.78 Å². The van der Waals surface area contributed by atoms with E-state index in [9.17, 15) is 14.7 Å². The number of hydrogen-bond acceptors (Lipinski definition) is 5. The van der Waals surface area contributed by atoms with E-state index in [1.54, 1.807) is 6.92 Å². The summed E-state index contributed by atoms with van der Waals surface area (Å²) in [7, 11) is 0. The smallest absolute Gasteiger partial charge is 0.350 e. The third-order valence-electron chi connectivity index (χ3n) is 3.48. The molecule has 5 heteroatoms. The van der Waals surface area contributed by atoms with Crippen molar-refractivity contribution in [3.05, 3.63) is 74.5 Å². The van der Waals surface area contributed by atoms with Crippen LogP contribution in [0.3, 0.4) is 0 Å². The Morgan fingerprint density at radius 3 is 2.65 bits per heavy atom. The molecule has 0 aliphatic heterocycles. The normalized spacial score (nSPS) is 10.7. The Bertz CT molecular complexity index is 906. The second-order valence-corrected chi connectivity index (χ2v) is 6.13. The summed E-state index contributed by atoms with van der Waals surface area (Å²) in [4.78, 5) is 25.1. The van der Waals surface area contributed by atoms with E-state index in [1.165, 1.54) is 17.4 Å². The molecule has 0 saturated carbocycles. The number of thiophene rings is 1. The van der Waals surface area contributed by atoms with Crippen LogP contribution < -0.4 is 5.63 Å². The van der Waals surface area contributed by atoms with Gasteiger partial charge in [-0.15, -0.1) is 11.3 Å². The molecule has 0 fully saturated rings. The maximum atomic E-state index is 12.4. The first-order valence-electron chi connectivity index (χ1n) is 7.05. The Balaban J connectivity index is 1.94. The van der Waals surface area contributed by atoms with E-state index in [4.69, 9.17) is 4.42 Å². The van der Waals surface area contributed by atoms with Crippen molar-refractivity contribution in [2.75, 3.05) is 0 Å². The van der Waals surface area contributed by atoms with E-state index >= 15 is 0 Å². The number of rotatable bonds is 4. The van der Waals surface area contributed by atoms with E-state index in [1.807, 2.05) is 41.8 Å². The van der Waals surface area contributed by atoms with E-state index in [0.29, 0.717) is 0 Å². The van der Waals surface area contributed by atoms with Crippen molar-refractivity contribution in [2.45, 2.75) is 13.3 Å². The van der Waals surface area contributed by atoms with Gasteiger partial charge >= 0.3 is 5.63 Å². The first kappa shape index (κ1) is 15.2. The molecule has 0 aliphatic rings. The van der Waals surface area contributed by atoms with Crippen molar-refractivity contribution in [2.24, 2.45) is 0 Å². The van der Waals surface area contributed by atoms with Gasteiger partial charge in [-0.25, -0.2) is 4.79 Å². The van der Waals surface area contributed by atoms with Crippen molar-refractivity contribution in [1.29, 1.82) is 0 Å². The van der Waals surface area contributed by atoms with Gasteiger partial charge in [0, 0.05) is 17.4 Å². The van der Waals surface area contributed by atoms with Gasteiger partial charge in [0.1, 0.15) is 17.1 Å². The van der Waals surface area contributed by atoms with Gasteiger partial charge in [0.05, 0.1) is 0 Å². The summed E-state index contributed by atoms with van der Waals surface area (Å²) >= 11 is 1.45. The zero-order valence-electron chi connectivity index (χ0n) is 12.4. The molecule has 0 spiro atoms. The highest BCUT2D eigenvalue weighted by molar-refractivity contribution is 7.10. The van der Waals surface area contributed by atoms with Gasteiger partial charge < -0.3 is 9.52 Å². The second kappa shape index (κ2) is 6.22. The molecule has 0 radical (unpaired) electrons. The van der Waals surface area contributed by atoms with Crippen LogP contribution >= 0.6 is 11.3 Å². The standard InChI is InChI=1S/C18H14O4S/c1-11-9-14(19)17(18(21)22-11)15(20)10-16-13(7-8-23-16)12-5-3-2-4-6-12/h2-9,19H,10H2,1H3. The highest BCUT2D eigenvalue weighted by Gasteiger charge is 2.20. The minimum Gasteiger partial charge on any atom is -0.507 e. The molecule has 0 amide bonds. The Kier molecular flexibility index (Phi) is 4.12. The molecule has 0 atom stereocenters. The number of aromatic hydroxyl groups is 1. The number of Topliss-reactive ketones (excluding diaryl/α,β-unsaturated/α-hetero) is 1. The summed E-state index contributed by atoms with van der Waals surface area (Å²) in [6, 6.07) is 12.9. The number of aryl methyl sites for hydroxylation is 1. The summed E-state index contributed by atoms with van der Waals surface area (Å²) < 4.78 is 4.91. The molecule has 3 rings (SSSR count). The Labute approximate surface area is 136 Å². The van der Waals surface area contributed by atoms with Crippen LogP contribution in [0.2, 0.25) is 0 Å². The van der Waals surface area contributed by atoms with Crippen LogP contribution in [0, 0.1) is 6.92 Å². The SMILES string of the molecule is Cc1cc(O)c(C(=O)Cc2sccc2-c2ccccc2)c(=O)o1. The predicted molar refractivity (Wildman–Crippen MR) is 89.2 cm³/mol. The molecule has 116 valence electrons. The summed E-state index contributed by atoms with van der Waals surface area (Å²) in [5, 5.41) is 11.8. The van der Waals surface area contributed by atoms with Crippen LogP contribution in [0.5, 0.6) is 5.75 Å². The zero-order valence-corrected chi connectivity index (χ0v) is 13.2. The van der Waals surface area contributed by atoms with Crippen molar-refractivity contribution in [3.63, 3.8) is 0 Å². The van der Waals surface area contributed by atoms with Gasteiger partial charge in [-0.1, -0.05) is 30.3 Å². The van der Waals surface area contributed by atoms with Crippen molar-refractivity contribution < 1.29 is 14.3 Å². The lowest BCUT2D eigenvalue weighted by Gasteiger charge is -2.05. The van der Waals surface area contributed by atoms with Crippen LogP contribution in [0.15, 0.2) is 57.1 Å². The Morgan fingerprint density at radius 2 is 1.96 bits per heavy atom. The maximum absolute atomic E-state index is 12.4. The Hall–Kier alpha value is -2.66. The monoisotopic (exact) mass is 326 g/mol. The van der Waals surface area contributed by atoms with Gasteiger partial charge in [-0.05, 0) is 29.5 Å². The summed E-state index contributed by atoms with van der Waals surface area (Å²) in [5.74, 6) is -0.511. The van der Waals surface area contributed by atoms with Gasteiger partial charge in [-0.3, -0.25) is 4.79 Å². The fourth-order valence-corrected chi connectivity index (χ4v) is 3.33. The van der Waals surface area contributed by atoms with Crippen molar-refractivity contribution >= 4 is 17.1 Å². The molecule has 0 aliphatic carbocycles. The van der Waals surface area contributed by atoms with Crippen LogP contribution in [-0.2, 0) is 6.42 Å². The van der Waals surface area contributed by atoms with E-state index in [-0.39, 0.29) is 23.5 Å². The van der Waals surface area contributed by atoms with Crippen molar-refractivity contribution in [3.8, 4) is 16.9 Å². The average molecular weight is 326 g/mol. The lowest BCUT2D eigenvalue weighted by molar-refractivity contribution is 0.0987. The minimum absolute atomic E-state index is 0.0449. The van der Waals surface area contributed by atoms with Crippen LogP contribution in [0.1, 0.15) is 21.0 Å². The molecule has 3 aromatic rings. The zero-order chi connectivity index (χ0) is 16.4. The Morgan fingerprint density at radius 1 is 1.22 bits per heavy atom. The van der Waals surface area contributed by atoms with E-state index in [0.717, 1.165) is 16.0 Å². The molecule has 0 unspecified atom stereocenters. The lowest BCUT2D eigenvalue weighted by atomic mass is 10.0. The van der Waals surface area contributed by atoms with Crippen LogP contribution in [-0.4, -0.2) is 10.9 Å². The molecule has 1 N–H and O–H groups in total. The van der Waals surface area contributed by atoms with E-state index < -0.39 is 11.4 Å². The molecule has 2 aromatic heterocycles. The van der Waals surface area contributed by atoms with E-state index in [2.05, 4.69) is 0 Å². The molecule has 0 saturated heterocycles. The molecular weight excluding hydrogens is 312 g/mol. The van der Waals surface area contributed by atoms with Gasteiger partial charge in [0.25, 0.3) is 0 Å². The van der Waals surface area contributed by atoms with Gasteiger partial charge in [-0.2, -0.15) is 0 Å². The number of carbonyl (C=O) groups excluding carboxylic acids is 1. The van der Waals surface area contributed by atoms with Crippen molar-refractivity contribution in [1.82, 2.24) is 0 Å². The molecule has 2 heterocycles. The minimum atomic E-state index is -0.801. The number of carbonyl (C=O) groups is 1. The first-order chi connectivity index (χ1) is 11.1. The summed E-state index contributed by atoms with van der Waals surface area (Å²) in [5.41, 5.74) is 0.880. The first-order valence-corrected chi connectivity index (χ1v) is 7.93. The van der Waals surface area contributed by atoms with Crippen LogP contribution in [0.25, 0.3) is 11.1 Å². The summed E-state index contributed by atoms with van der Waals surface area (Å²) in [6.45, 7) is 1.54. The van der Waals surface area contributed by atoms with Gasteiger partial charge in [0.2, 0.25) is 0 Å². The molecule has 4 nitrogen and oxygen atoms in total. The fraction of sp³-hybridized carbons (Fsp3) is 0.111. The third-order valence-corrected chi connectivity index (χ3v) is 4.41. The lowest BCUT2D eigenvalue weighted by Crippen LogP contribution is -2.16. The number of benzene rings is 1. The molecule has 23 heavy (non-hydrogen) atoms.